The van der Waals surface area contributed by atoms with Gasteiger partial charge >= 0.3 is 0 Å². The maximum atomic E-state index is 13.8. The number of piperidine rings is 1. The van der Waals surface area contributed by atoms with Gasteiger partial charge in [-0.05, 0) is 43.9 Å². The van der Waals surface area contributed by atoms with Crippen molar-refractivity contribution in [2.24, 2.45) is 5.41 Å². The summed E-state index contributed by atoms with van der Waals surface area (Å²) in [5, 5.41) is 3.83. The number of aryl methyl sites for hydroxylation is 1. The van der Waals surface area contributed by atoms with Crippen LogP contribution < -0.4 is 4.90 Å². The summed E-state index contributed by atoms with van der Waals surface area (Å²) in [6.45, 7) is 5.58. The molecule has 3 aromatic rings. The molecule has 3 saturated heterocycles. The lowest BCUT2D eigenvalue weighted by Crippen LogP contribution is -2.46. The molecule has 10 heteroatoms. The smallest absolute Gasteiger partial charge is 0.245 e. The summed E-state index contributed by atoms with van der Waals surface area (Å²) < 4.78 is 29.7. The van der Waals surface area contributed by atoms with E-state index in [1.54, 1.807) is 17.7 Å². The van der Waals surface area contributed by atoms with E-state index < -0.39 is 17.0 Å². The Morgan fingerprint density at radius 3 is 2.55 bits per heavy atom. The molecule has 1 amide bonds. The predicted molar refractivity (Wildman–Crippen MR) is 117 cm³/mol. The van der Waals surface area contributed by atoms with Crippen LogP contribution in [0.3, 0.4) is 0 Å². The molecule has 0 radical (unpaired) electrons. The molecule has 0 aliphatic carbocycles. The quantitative estimate of drug-likeness (QED) is 0.608. The van der Waals surface area contributed by atoms with Crippen molar-refractivity contribution in [2.75, 3.05) is 31.1 Å². The molecule has 5 heterocycles. The molecule has 0 N–H and O–H groups in total. The van der Waals surface area contributed by atoms with Gasteiger partial charge in [0.2, 0.25) is 5.91 Å². The largest absolute Gasteiger partial charge is 0.355 e. The molecule has 0 unspecified atom stereocenters. The maximum Gasteiger partial charge on any atom is 0.245 e. The predicted octanol–water partition coefficient (Wildman–Crippen LogP) is 2.92. The summed E-state index contributed by atoms with van der Waals surface area (Å²) in [6.07, 6.45) is 5.43. The number of halogens is 2. The number of anilines is 1. The van der Waals surface area contributed by atoms with Crippen molar-refractivity contribution < 1.29 is 13.6 Å². The highest BCUT2D eigenvalue weighted by Crippen LogP contribution is 2.47. The lowest BCUT2D eigenvalue weighted by atomic mass is 9.77. The van der Waals surface area contributed by atoms with Crippen molar-refractivity contribution in [1.82, 2.24) is 29.5 Å². The van der Waals surface area contributed by atoms with Gasteiger partial charge in [-0.3, -0.25) is 9.80 Å². The van der Waals surface area contributed by atoms with Crippen LogP contribution in [0.5, 0.6) is 0 Å². The number of hydrazine groups is 1. The van der Waals surface area contributed by atoms with E-state index in [1.165, 1.54) is 12.1 Å². The van der Waals surface area contributed by atoms with Crippen LogP contribution in [0.25, 0.3) is 11.2 Å². The number of rotatable bonds is 3. The van der Waals surface area contributed by atoms with Gasteiger partial charge < -0.3 is 9.47 Å². The number of hydrogen-bond acceptors (Lipinski definition) is 6. The number of imidazole rings is 1. The summed E-state index contributed by atoms with van der Waals surface area (Å²) in [4.78, 5) is 29.2. The summed E-state index contributed by atoms with van der Waals surface area (Å²) in [5.41, 5.74) is 1.64. The number of hydrogen-bond donors (Lipinski definition) is 0. The number of benzene rings is 1. The third-order valence-electron chi connectivity index (χ3n) is 7.42. The Morgan fingerprint density at radius 1 is 1.06 bits per heavy atom. The van der Waals surface area contributed by atoms with Crippen LogP contribution in [0.2, 0.25) is 0 Å². The van der Waals surface area contributed by atoms with Crippen LogP contribution in [0.4, 0.5) is 14.6 Å². The fraction of sp³-hybridized carbons (Fsp3) is 0.478. The first-order valence-electron chi connectivity index (χ1n) is 11.4. The van der Waals surface area contributed by atoms with Crippen LogP contribution in [0.15, 0.2) is 30.9 Å². The Kier molecular flexibility index (Phi) is 4.62. The number of fused-ring (bicyclic) bond motifs is 2. The van der Waals surface area contributed by atoms with Crippen molar-refractivity contribution in [2.45, 2.75) is 38.8 Å². The van der Waals surface area contributed by atoms with Crippen molar-refractivity contribution in [1.29, 1.82) is 0 Å². The molecule has 33 heavy (non-hydrogen) atoms. The molecule has 172 valence electrons. The third kappa shape index (κ3) is 3.11. The van der Waals surface area contributed by atoms with E-state index in [2.05, 4.69) is 24.9 Å². The van der Waals surface area contributed by atoms with Gasteiger partial charge in [0.15, 0.2) is 17.0 Å². The van der Waals surface area contributed by atoms with Crippen molar-refractivity contribution >= 4 is 22.9 Å². The fourth-order valence-corrected chi connectivity index (χ4v) is 5.71. The monoisotopic (exact) mass is 453 g/mol. The molecule has 3 fully saturated rings. The number of amides is 1. The minimum atomic E-state index is -0.611. The second-order valence-corrected chi connectivity index (χ2v) is 9.21. The zero-order chi connectivity index (χ0) is 22.7. The first-order valence-corrected chi connectivity index (χ1v) is 11.4. The average Bonchev–Trinajstić information content (AvgIpc) is 3.48. The fourth-order valence-electron chi connectivity index (χ4n) is 5.71. The van der Waals surface area contributed by atoms with Crippen LogP contribution in [0, 0.1) is 17.0 Å². The van der Waals surface area contributed by atoms with Gasteiger partial charge in [-0.1, -0.05) is 0 Å². The Labute approximate surface area is 189 Å². The summed E-state index contributed by atoms with van der Waals surface area (Å²) >= 11 is 0. The van der Waals surface area contributed by atoms with Crippen molar-refractivity contribution in [3.05, 3.63) is 48.1 Å². The van der Waals surface area contributed by atoms with E-state index in [4.69, 9.17) is 0 Å². The average molecular weight is 453 g/mol. The van der Waals surface area contributed by atoms with E-state index >= 15 is 0 Å². The molecular weight excluding hydrogens is 428 g/mol. The molecular formula is C23H25F2N7O. The first kappa shape index (κ1) is 20.5. The summed E-state index contributed by atoms with van der Waals surface area (Å²) in [6, 6.07) is 3.23. The molecule has 1 atom stereocenters. The van der Waals surface area contributed by atoms with Gasteiger partial charge in [-0.25, -0.2) is 28.7 Å². The Morgan fingerprint density at radius 2 is 1.82 bits per heavy atom. The van der Waals surface area contributed by atoms with E-state index in [0.29, 0.717) is 51.0 Å². The van der Waals surface area contributed by atoms with E-state index in [9.17, 15) is 13.6 Å². The van der Waals surface area contributed by atoms with Gasteiger partial charge in [0.1, 0.15) is 18.0 Å². The van der Waals surface area contributed by atoms with Crippen LogP contribution >= 0.6 is 0 Å². The summed E-state index contributed by atoms with van der Waals surface area (Å²) in [5.74, 6) is -0.349. The molecule has 0 saturated carbocycles. The second-order valence-electron chi connectivity index (χ2n) is 9.21. The Hall–Kier alpha value is -3.14. The zero-order valence-corrected chi connectivity index (χ0v) is 18.4. The third-order valence-corrected chi connectivity index (χ3v) is 7.42. The van der Waals surface area contributed by atoms with Crippen LogP contribution in [-0.2, 0) is 11.3 Å². The van der Waals surface area contributed by atoms with Gasteiger partial charge in [0.05, 0.1) is 17.8 Å². The highest BCUT2D eigenvalue weighted by molar-refractivity contribution is 5.87. The van der Waals surface area contributed by atoms with Crippen molar-refractivity contribution in [3.8, 4) is 0 Å². The van der Waals surface area contributed by atoms with Gasteiger partial charge in [0, 0.05) is 38.8 Å². The molecule has 3 aliphatic heterocycles. The normalized spacial score (nSPS) is 22.6. The number of aromatic nitrogens is 4. The molecule has 2 aromatic heterocycles. The number of carbonyl (C=O) groups excluding carboxylic acids is 1. The molecule has 1 aromatic carbocycles. The zero-order valence-electron chi connectivity index (χ0n) is 18.4. The lowest BCUT2D eigenvalue weighted by molar-refractivity contribution is -0.143. The Balaban J connectivity index is 1.23. The topological polar surface area (TPSA) is 70.4 Å². The van der Waals surface area contributed by atoms with Gasteiger partial charge in [0.25, 0.3) is 0 Å². The standard InChI is InChI=1S/C23H25F2N7O/c1-2-29-14-28-19-20(29)26-13-27-21(19)30-7-4-23(5-8-30)12-31-6-3-18(32(31)22(23)33)15-9-16(24)11-17(25)10-15/h9-11,13-14,18H,2-8,12H2,1H3/t18-/m0/s1. The van der Waals surface area contributed by atoms with Crippen molar-refractivity contribution in [3.63, 3.8) is 0 Å². The van der Waals surface area contributed by atoms with Crippen LogP contribution in [0.1, 0.15) is 37.8 Å². The molecule has 3 aliphatic rings. The minimum Gasteiger partial charge on any atom is -0.355 e. The highest BCUT2D eigenvalue weighted by Gasteiger charge is 2.56. The minimum absolute atomic E-state index is 0.0671. The lowest BCUT2D eigenvalue weighted by Gasteiger charge is -2.38. The van der Waals surface area contributed by atoms with Gasteiger partial charge in [-0.15, -0.1) is 0 Å². The first-order chi connectivity index (χ1) is 16.0. The molecule has 0 bridgehead atoms. The SMILES string of the molecule is CCn1cnc2c(N3CCC4(CC3)CN3CC[C@@H](c5cc(F)cc(F)c5)N3C4=O)ncnc21. The highest BCUT2D eigenvalue weighted by atomic mass is 19.1. The second kappa shape index (κ2) is 7.44. The van der Waals surface area contributed by atoms with Crippen LogP contribution in [-0.4, -0.2) is 61.6 Å². The Bertz CT molecular complexity index is 1220. The maximum absolute atomic E-state index is 13.8. The number of nitrogens with zero attached hydrogens (tertiary/aromatic N) is 7. The van der Waals surface area contributed by atoms with E-state index in [1.807, 2.05) is 11.5 Å². The van der Waals surface area contributed by atoms with E-state index in [0.717, 1.165) is 29.6 Å². The summed E-state index contributed by atoms with van der Waals surface area (Å²) in [7, 11) is 0. The number of carbonyl (C=O) groups is 1. The van der Waals surface area contributed by atoms with Gasteiger partial charge in [-0.2, -0.15) is 0 Å². The molecule has 6 rings (SSSR count). The van der Waals surface area contributed by atoms with E-state index in [-0.39, 0.29) is 11.9 Å². The molecule has 1 spiro atoms. The molecule has 8 nitrogen and oxygen atoms in total.